The number of hydrogen-bond donors (Lipinski definition) is 0. The molecule has 0 aromatic carbocycles. The van der Waals surface area contributed by atoms with Crippen LogP contribution >= 0.6 is 0 Å². The highest BCUT2D eigenvalue weighted by Crippen LogP contribution is 2.32. The van der Waals surface area contributed by atoms with Gasteiger partial charge in [-0.1, -0.05) is 0 Å². The van der Waals surface area contributed by atoms with Crippen LogP contribution in [0, 0.1) is 27.6 Å². The van der Waals surface area contributed by atoms with Crippen LogP contribution in [0.25, 0.3) is 0 Å². The maximum absolute atomic E-state index is 12.8. The second kappa shape index (κ2) is 4.18. The normalized spacial score (nSPS) is 11.6. The van der Waals surface area contributed by atoms with Crippen LogP contribution in [0.5, 0.6) is 0 Å². The summed E-state index contributed by atoms with van der Waals surface area (Å²) in [7, 11) is 0. The molecule has 0 amide bonds. The van der Waals surface area contributed by atoms with Crippen molar-refractivity contribution in [1.29, 1.82) is 0 Å². The van der Waals surface area contributed by atoms with Gasteiger partial charge in [0, 0.05) is 4.92 Å². The third-order valence-electron chi connectivity index (χ3n) is 1.64. The minimum atomic E-state index is -5.37. The number of halogens is 6. The first kappa shape index (κ1) is 13.2. The van der Waals surface area contributed by atoms with Crippen molar-refractivity contribution in [2.75, 3.05) is 0 Å². The molecule has 0 spiro atoms. The van der Waals surface area contributed by atoms with E-state index in [-0.39, 0.29) is 0 Å². The predicted octanol–water partition coefficient (Wildman–Crippen LogP) is 2.29. The fourth-order valence-electron chi connectivity index (χ4n) is 0.975. The lowest BCUT2D eigenvalue weighted by Gasteiger charge is -2.09. The van der Waals surface area contributed by atoms with Crippen LogP contribution in [0.1, 0.15) is 11.4 Å². The SMILES string of the molecule is O=[N+]([O-])Cc1nc(C(F)(F)F)c(F)c(F)c1F. The van der Waals surface area contributed by atoms with Crippen LogP contribution < -0.4 is 0 Å². The second-order valence-electron chi connectivity index (χ2n) is 2.84. The van der Waals surface area contributed by atoms with E-state index >= 15 is 0 Å². The molecular weight excluding hydrogens is 258 g/mol. The molecular formula is C7H2F6N2O2. The minimum Gasteiger partial charge on any atom is -0.264 e. The number of nitrogens with zero attached hydrogens (tertiary/aromatic N) is 2. The molecule has 94 valence electrons. The Balaban J connectivity index is 3.44. The fourth-order valence-corrected chi connectivity index (χ4v) is 0.975. The number of alkyl halides is 3. The Morgan fingerprint density at radius 2 is 1.65 bits per heavy atom. The van der Waals surface area contributed by atoms with E-state index in [4.69, 9.17) is 0 Å². The zero-order chi connectivity index (χ0) is 13.4. The van der Waals surface area contributed by atoms with Gasteiger partial charge in [-0.15, -0.1) is 0 Å². The molecule has 0 aliphatic heterocycles. The summed E-state index contributed by atoms with van der Waals surface area (Å²) in [5.41, 5.74) is -3.74. The summed E-state index contributed by atoms with van der Waals surface area (Å²) >= 11 is 0. The molecule has 1 aromatic heterocycles. The number of aromatic nitrogens is 1. The highest BCUT2D eigenvalue weighted by molar-refractivity contribution is 5.19. The topological polar surface area (TPSA) is 56.0 Å². The first-order valence-corrected chi connectivity index (χ1v) is 3.87. The van der Waals surface area contributed by atoms with Gasteiger partial charge in [-0.2, -0.15) is 13.2 Å². The van der Waals surface area contributed by atoms with Crippen molar-refractivity contribution in [3.63, 3.8) is 0 Å². The zero-order valence-corrected chi connectivity index (χ0v) is 7.69. The van der Waals surface area contributed by atoms with E-state index in [1.165, 1.54) is 0 Å². The van der Waals surface area contributed by atoms with Crippen molar-refractivity contribution < 1.29 is 31.3 Å². The fraction of sp³-hybridized carbons (Fsp3) is 0.286. The Morgan fingerprint density at radius 1 is 1.12 bits per heavy atom. The quantitative estimate of drug-likeness (QED) is 0.465. The lowest BCUT2D eigenvalue weighted by Crippen LogP contribution is -2.18. The Labute approximate surface area is 89.0 Å². The first-order chi connectivity index (χ1) is 7.64. The summed E-state index contributed by atoms with van der Waals surface area (Å²) in [5.74, 6) is -7.07. The summed E-state index contributed by atoms with van der Waals surface area (Å²) < 4.78 is 74.6. The van der Waals surface area contributed by atoms with Gasteiger partial charge in [-0.3, -0.25) is 10.1 Å². The molecule has 1 aromatic rings. The molecule has 1 rings (SSSR count). The predicted molar refractivity (Wildman–Crippen MR) is 39.8 cm³/mol. The van der Waals surface area contributed by atoms with Crippen LogP contribution in [0.4, 0.5) is 26.3 Å². The monoisotopic (exact) mass is 260 g/mol. The van der Waals surface area contributed by atoms with Gasteiger partial charge in [0.05, 0.1) is 0 Å². The number of rotatable bonds is 2. The summed E-state index contributed by atoms with van der Waals surface area (Å²) in [6.45, 7) is -1.48. The van der Waals surface area contributed by atoms with E-state index in [1.54, 1.807) is 0 Å². The van der Waals surface area contributed by atoms with Crippen LogP contribution in [0.15, 0.2) is 0 Å². The van der Waals surface area contributed by atoms with Gasteiger partial charge in [-0.25, -0.2) is 18.2 Å². The lowest BCUT2D eigenvalue weighted by atomic mass is 10.2. The molecule has 10 heteroatoms. The van der Waals surface area contributed by atoms with E-state index in [2.05, 4.69) is 4.98 Å². The van der Waals surface area contributed by atoms with Gasteiger partial charge in [-0.05, 0) is 0 Å². The Bertz CT molecular complexity index is 472. The molecule has 0 saturated carbocycles. The third-order valence-corrected chi connectivity index (χ3v) is 1.64. The van der Waals surface area contributed by atoms with Crippen molar-refractivity contribution in [3.05, 3.63) is 39.0 Å². The van der Waals surface area contributed by atoms with Gasteiger partial charge in [0.25, 0.3) is 0 Å². The second-order valence-corrected chi connectivity index (χ2v) is 2.84. The standard InChI is InChI=1S/C7H2F6N2O2/c8-3-2(1-15(16)17)14-6(7(11,12)13)5(10)4(3)9/h1H2. The summed E-state index contributed by atoms with van der Waals surface area (Å²) in [6.07, 6.45) is -5.37. The van der Waals surface area contributed by atoms with Crippen molar-refractivity contribution in [2.45, 2.75) is 12.7 Å². The molecule has 0 atom stereocenters. The van der Waals surface area contributed by atoms with Gasteiger partial charge < -0.3 is 0 Å². The highest BCUT2D eigenvalue weighted by atomic mass is 19.4. The first-order valence-electron chi connectivity index (χ1n) is 3.87. The molecule has 4 nitrogen and oxygen atoms in total. The molecule has 0 aliphatic carbocycles. The van der Waals surface area contributed by atoms with Crippen molar-refractivity contribution in [2.24, 2.45) is 0 Å². The van der Waals surface area contributed by atoms with Crippen LogP contribution in [-0.2, 0) is 12.7 Å². The number of nitro groups is 1. The number of hydrogen-bond acceptors (Lipinski definition) is 3. The van der Waals surface area contributed by atoms with Crippen molar-refractivity contribution >= 4 is 0 Å². The van der Waals surface area contributed by atoms with E-state index < -0.39 is 46.5 Å². The van der Waals surface area contributed by atoms with Gasteiger partial charge in [0.1, 0.15) is 0 Å². The maximum Gasteiger partial charge on any atom is 0.436 e. The average molecular weight is 260 g/mol. The molecule has 1 heterocycles. The highest BCUT2D eigenvalue weighted by Gasteiger charge is 2.40. The molecule has 0 unspecified atom stereocenters. The third kappa shape index (κ3) is 2.63. The molecule has 0 saturated heterocycles. The lowest BCUT2D eigenvalue weighted by molar-refractivity contribution is -0.498. The van der Waals surface area contributed by atoms with E-state index in [1.807, 2.05) is 0 Å². The van der Waals surface area contributed by atoms with Crippen LogP contribution in [0.3, 0.4) is 0 Å². The minimum absolute atomic E-state index is 1.22. The average Bonchev–Trinajstić information content (AvgIpc) is 2.16. The van der Waals surface area contributed by atoms with Gasteiger partial charge >= 0.3 is 6.18 Å². The molecule has 0 N–H and O–H groups in total. The molecule has 0 bridgehead atoms. The van der Waals surface area contributed by atoms with Crippen molar-refractivity contribution in [1.82, 2.24) is 4.98 Å². The van der Waals surface area contributed by atoms with Crippen LogP contribution in [0.2, 0.25) is 0 Å². The molecule has 0 aliphatic rings. The Hall–Kier alpha value is -1.87. The van der Waals surface area contributed by atoms with Gasteiger partial charge in [0.15, 0.2) is 28.8 Å². The summed E-state index contributed by atoms with van der Waals surface area (Å²) in [5, 5.41) is 9.98. The Kier molecular flexibility index (Phi) is 3.25. The van der Waals surface area contributed by atoms with E-state index in [0.29, 0.717) is 0 Å². The van der Waals surface area contributed by atoms with Gasteiger partial charge in [0.2, 0.25) is 6.54 Å². The Morgan fingerprint density at radius 3 is 2.06 bits per heavy atom. The van der Waals surface area contributed by atoms with Crippen molar-refractivity contribution in [3.8, 4) is 0 Å². The largest absolute Gasteiger partial charge is 0.436 e. The number of pyridine rings is 1. The molecule has 0 radical (unpaired) electrons. The van der Waals surface area contributed by atoms with Crippen LogP contribution in [-0.4, -0.2) is 9.91 Å². The molecule has 0 fully saturated rings. The van der Waals surface area contributed by atoms with E-state index in [0.717, 1.165) is 0 Å². The smallest absolute Gasteiger partial charge is 0.264 e. The molecule has 17 heavy (non-hydrogen) atoms. The summed E-state index contributed by atoms with van der Waals surface area (Å²) in [6, 6.07) is 0. The summed E-state index contributed by atoms with van der Waals surface area (Å²) in [4.78, 5) is 11.1. The zero-order valence-electron chi connectivity index (χ0n) is 7.69. The maximum atomic E-state index is 12.8. The van der Waals surface area contributed by atoms with E-state index in [9.17, 15) is 36.5 Å².